The molecular weight excluding hydrogens is 304 g/mol. The summed E-state index contributed by atoms with van der Waals surface area (Å²) in [5, 5.41) is 4.22. The van der Waals surface area contributed by atoms with Crippen LogP contribution in [0.3, 0.4) is 0 Å². The van der Waals surface area contributed by atoms with Gasteiger partial charge in [-0.2, -0.15) is 0 Å². The van der Waals surface area contributed by atoms with E-state index in [0.29, 0.717) is 6.54 Å². The standard InChI is InChI=1S/C19H24N2OS/c1-3-16-21-14(2)17(23-16)18(22)20-13-19(11-7-8-12-19)15-9-5-4-6-10-15/h4-6,9-10H,3,7-8,11-13H2,1-2H3,(H,20,22). The molecule has 0 saturated heterocycles. The van der Waals surface area contributed by atoms with Crippen molar-refractivity contribution >= 4 is 17.2 Å². The van der Waals surface area contributed by atoms with E-state index in [0.717, 1.165) is 34.8 Å². The largest absolute Gasteiger partial charge is 0.350 e. The fourth-order valence-electron chi connectivity index (χ4n) is 3.55. The molecule has 4 heteroatoms. The number of rotatable bonds is 5. The van der Waals surface area contributed by atoms with Crippen LogP contribution in [0.1, 0.15) is 58.5 Å². The van der Waals surface area contributed by atoms with E-state index in [1.165, 1.54) is 29.7 Å². The van der Waals surface area contributed by atoms with Gasteiger partial charge in [-0.05, 0) is 31.7 Å². The Morgan fingerprint density at radius 1 is 1.26 bits per heavy atom. The second kappa shape index (κ2) is 6.83. The normalized spacial score (nSPS) is 16.4. The lowest BCUT2D eigenvalue weighted by Crippen LogP contribution is -2.39. The molecule has 122 valence electrons. The fourth-order valence-corrected chi connectivity index (χ4v) is 4.48. The topological polar surface area (TPSA) is 42.0 Å². The number of nitrogens with zero attached hydrogens (tertiary/aromatic N) is 1. The van der Waals surface area contributed by atoms with Crippen molar-refractivity contribution in [3.05, 3.63) is 51.5 Å². The van der Waals surface area contributed by atoms with Gasteiger partial charge in [-0.1, -0.05) is 50.1 Å². The van der Waals surface area contributed by atoms with Crippen LogP contribution < -0.4 is 5.32 Å². The van der Waals surface area contributed by atoms with Crippen molar-refractivity contribution in [1.29, 1.82) is 0 Å². The summed E-state index contributed by atoms with van der Waals surface area (Å²) in [4.78, 5) is 17.8. The van der Waals surface area contributed by atoms with E-state index in [9.17, 15) is 4.79 Å². The molecule has 3 rings (SSSR count). The minimum Gasteiger partial charge on any atom is -0.350 e. The molecule has 0 radical (unpaired) electrons. The molecule has 0 aliphatic heterocycles. The highest BCUT2D eigenvalue weighted by Gasteiger charge is 2.36. The third kappa shape index (κ3) is 3.32. The molecule has 1 aromatic carbocycles. The van der Waals surface area contributed by atoms with Crippen LogP contribution in [0, 0.1) is 6.92 Å². The molecule has 0 bridgehead atoms. The van der Waals surface area contributed by atoms with Crippen LogP contribution in [0.15, 0.2) is 30.3 Å². The molecule has 1 aliphatic rings. The molecule has 2 aromatic rings. The van der Waals surface area contributed by atoms with Gasteiger partial charge in [-0.25, -0.2) is 4.98 Å². The third-order valence-corrected chi connectivity index (χ3v) is 6.18. The highest BCUT2D eigenvalue weighted by molar-refractivity contribution is 7.13. The summed E-state index contributed by atoms with van der Waals surface area (Å²) in [5.41, 5.74) is 2.31. The van der Waals surface area contributed by atoms with Gasteiger partial charge in [-0.15, -0.1) is 11.3 Å². The first kappa shape index (κ1) is 16.2. The number of hydrogen-bond donors (Lipinski definition) is 1. The fraction of sp³-hybridized carbons (Fsp3) is 0.474. The van der Waals surface area contributed by atoms with Crippen molar-refractivity contribution in [3.63, 3.8) is 0 Å². The van der Waals surface area contributed by atoms with Crippen LogP contribution >= 0.6 is 11.3 Å². The average molecular weight is 328 g/mol. The Bertz CT molecular complexity index is 672. The lowest BCUT2D eigenvalue weighted by Gasteiger charge is -2.30. The van der Waals surface area contributed by atoms with E-state index in [-0.39, 0.29) is 11.3 Å². The highest BCUT2D eigenvalue weighted by atomic mass is 32.1. The number of hydrogen-bond acceptors (Lipinski definition) is 3. The third-order valence-electron chi connectivity index (χ3n) is 4.88. The Morgan fingerprint density at radius 3 is 2.57 bits per heavy atom. The van der Waals surface area contributed by atoms with Crippen LogP contribution in [-0.2, 0) is 11.8 Å². The number of thiazole rings is 1. The van der Waals surface area contributed by atoms with E-state index in [1.54, 1.807) is 0 Å². The van der Waals surface area contributed by atoms with Gasteiger partial charge in [0.25, 0.3) is 5.91 Å². The summed E-state index contributed by atoms with van der Waals surface area (Å²) in [6.07, 6.45) is 5.67. The smallest absolute Gasteiger partial charge is 0.263 e. The predicted molar refractivity (Wildman–Crippen MR) is 95.2 cm³/mol. The Kier molecular flexibility index (Phi) is 4.81. The molecule has 1 N–H and O–H groups in total. The molecule has 1 fully saturated rings. The van der Waals surface area contributed by atoms with Crippen molar-refractivity contribution in [2.75, 3.05) is 6.54 Å². The number of amides is 1. The van der Waals surface area contributed by atoms with Gasteiger partial charge in [0.05, 0.1) is 10.7 Å². The van der Waals surface area contributed by atoms with Crippen molar-refractivity contribution in [2.24, 2.45) is 0 Å². The van der Waals surface area contributed by atoms with Gasteiger partial charge < -0.3 is 5.32 Å². The summed E-state index contributed by atoms with van der Waals surface area (Å²) in [6, 6.07) is 10.6. The quantitative estimate of drug-likeness (QED) is 0.891. The summed E-state index contributed by atoms with van der Waals surface area (Å²) in [6.45, 7) is 4.71. The lowest BCUT2D eigenvalue weighted by molar-refractivity contribution is 0.0946. The maximum absolute atomic E-state index is 12.6. The zero-order valence-corrected chi connectivity index (χ0v) is 14.7. The van der Waals surface area contributed by atoms with Crippen molar-refractivity contribution in [3.8, 4) is 0 Å². The molecule has 3 nitrogen and oxygen atoms in total. The van der Waals surface area contributed by atoms with Gasteiger partial charge in [0.2, 0.25) is 0 Å². The number of carbonyl (C=O) groups is 1. The molecule has 1 saturated carbocycles. The molecule has 1 amide bonds. The van der Waals surface area contributed by atoms with Gasteiger partial charge in [0.1, 0.15) is 4.88 Å². The van der Waals surface area contributed by atoms with Crippen LogP contribution in [0.4, 0.5) is 0 Å². The Balaban J connectivity index is 1.75. The van der Waals surface area contributed by atoms with Crippen LogP contribution in [0.25, 0.3) is 0 Å². The van der Waals surface area contributed by atoms with E-state index in [1.807, 2.05) is 6.92 Å². The molecular formula is C19H24N2OS. The minimum absolute atomic E-state index is 0.0295. The molecule has 0 spiro atoms. The van der Waals surface area contributed by atoms with E-state index in [4.69, 9.17) is 0 Å². The zero-order valence-electron chi connectivity index (χ0n) is 13.9. The predicted octanol–water partition coefficient (Wildman–Crippen LogP) is 4.26. The number of carbonyl (C=O) groups excluding carboxylic acids is 1. The van der Waals surface area contributed by atoms with Crippen LogP contribution in [0.5, 0.6) is 0 Å². The zero-order chi connectivity index (χ0) is 16.3. The number of aryl methyl sites for hydroxylation is 2. The number of benzene rings is 1. The van der Waals surface area contributed by atoms with Gasteiger partial charge in [0.15, 0.2) is 0 Å². The highest BCUT2D eigenvalue weighted by Crippen LogP contribution is 2.40. The van der Waals surface area contributed by atoms with E-state index in [2.05, 4.69) is 47.6 Å². The second-order valence-electron chi connectivity index (χ2n) is 6.41. The van der Waals surface area contributed by atoms with Gasteiger partial charge in [0, 0.05) is 12.0 Å². The van der Waals surface area contributed by atoms with Crippen molar-refractivity contribution in [1.82, 2.24) is 10.3 Å². The Hall–Kier alpha value is -1.68. The summed E-state index contributed by atoms with van der Waals surface area (Å²) in [7, 11) is 0. The Labute approximate surface area is 142 Å². The van der Waals surface area contributed by atoms with Crippen LogP contribution in [-0.4, -0.2) is 17.4 Å². The lowest BCUT2D eigenvalue weighted by atomic mass is 9.79. The Morgan fingerprint density at radius 2 is 1.96 bits per heavy atom. The summed E-state index contributed by atoms with van der Waals surface area (Å²) >= 11 is 1.52. The molecule has 1 heterocycles. The monoisotopic (exact) mass is 328 g/mol. The number of nitrogens with one attached hydrogen (secondary N) is 1. The second-order valence-corrected chi connectivity index (χ2v) is 7.50. The molecule has 1 aromatic heterocycles. The first-order chi connectivity index (χ1) is 11.1. The maximum Gasteiger partial charge on any atom is 0.263 e. The first-order valence-corrected chi connectivity index (χ1v) is 9.26. The molecule has 1 aliphatic carbocycles. The van der Waals surface area contributed by atoms with Crippen LogP contribution in [0.2, 0.25) is 0 Å². The first-order valence-electron chi connectivity index (χ1n) is 8.45. The maximum atomic E-state index is 12.6. The van der Waals surface area contributed by atoms with Gasteiger partial charge in [-0.3, -0.25) is 4.79 Å². The van der Waals surface area contributed by atoms with Crippen molar-refractivity contribution in [2.45, 2.75) is 51.4 Å². The summed E-state index contributed by atoms with van der Waals surface area (Å²) in [5.74, 6) is 0.0295. The molecule has 23 heavy (non-hydrogen) atoms. The SMILES string of the molecule is CCc1nc(C)c(C(=O)NCC2(c3ccccc3)CCCC2)s1. The summed E-state index contributed by atoms with van der Waals surface area (Å²) < 4.78 is 0. The molecule has 0 unspecified atom stereocenters. The van der Waals surface area contributed by atoms with Gasteiger partial charge >= 0.3 is 0 Å². The van der Waals surface area contributed by atoms with E-state index < -0.39 is 0 Å². The number of aromatic nitrogens is 1. The average Bonchev–Trinajstić information content (AvgIpc) is 3.21. The minimum atomic E-state index is 0.0295. The molecule has 0 atom stereocenters. The van der Waals surface area contributed by atoms with Crippen molar-refractivity contribution < 1.29 is 4.79 Å². The van der Waals surface area contributed by atoms with E-state index >= 15 is 0 Å².